The molecule has 0 aromatic heterocycles. The van der Waals surface area contributed by atoms with Crippen LogP contribution in [-0.4, -0.2) is 25.6 Å². The molecule has 1 aliphatic rings. The van der Waals surface area contributed by atoms with E-state index in [0.717, 1.165) is 42.6 Å². The van der Waals surface area contributed by atoms with Crippen molar-refractivity contribution >= 4 is 29.2 Å². The van der Waals surface area contributed by atoms with Crippen LogP contribution in [0.3, 0.4) is 0 Å². The highest BCUT2D eigenvalue weighted by molar-refractivity contribution is 6.35. The Hall–Kier alpha value is -0.930. The molecule has 0 saturated heterocycles. The molecule has 0 amide bonds. The van der Waals surface area contributed by atoms with Gasteiger partial charge in [0, 0.05) is 23.1 Å². The lowest BCUT2D eigenvalue weighted by atomic mass is 10.1. The molecule has 0 aliphatic carbocycles. The lowest BCUT2D eigenvalue weighted by Gasteiger charge is -2.07. The van der Waals surface area contributed by atoms with E-state index in [2.05, 4.69) is 15.6 Å². The summed E-state index contributed by atoms with van der Waals surface area (Å²) in [6.45, 7) is 2.58. The Balaban J connectivity index is 1.84. The van der Waals surface area contributed by atoms with Crippen LogP contribution in [0.2, 0.25) is 10.0 Å². The third-order valence-electron chi connectivity index (χ3n) is 2.38. The second kappa shape index (κ2) is 5.41. The number of halogens is 2. The normalized spacial score (nSPS) is 14.5. The topological polar surface area (TPSA) is 36.4 Å². The van der Waals surface area contributed by atoms with E-state index in [4.69, 9.17) is 23.2 Å². The molecule has 86 valence electrons. The first-order valence-electron chi connectivity index (χ1n) is 5.22. The number of nitrogens with one attached hydrogen (secondary N) is 2. The van der Waals surface area contributed by atoms with E-state index in [1.54, 1.807) is 6.07 Å². The molecule has 1 aliphatic heterocycles. The van der Waals surface area contributed by atoms with Gasteiger partial charge in [0.05, 0.1) is 6.54 Å². The van der Waals surface area contributed by atoms with Crippen LogP contribution in [0.1, 0.15) is 5.56 Å². The Kier molecular flexibility index (Phi) is 3.91. The molecule has 2 N–H and O–H groups in total. The molecule has 0 atom stereocenters. The zero-order chi connectivity index (χ0) is 11.4. The van der Waals surface area contributed by atoms with E-state index < -0.39 is 0 Å². The molecule has 0 fully saturated rings. The van der Waals surface area contributed by atoms with Crippen molar-refractivity contribution in [1.82, 2.24) is 10.6 Å². The minimum absolute atomic E-state index is 0.670. The number of guanidine groups is 1. The van der Waals surface area contributed by atoms with Gasteiger partial charge in [-0.3, -0.25) is 4.99 Å². The first-order valence-corrected chi connectivity index (χ1v) is 5.97. The van der Waals surface area contributed by atoms with E-state index in [9.17, 15) is 0 Å². The molecule has 5 heteroatoms. The Morgan fingerprint density at radius 1 is 1.38 bits per heavy atom. The first kappa shape index (κ1) is 11.6. The Morgan fingerprint density at radius 3 is 2.94 bits per heavy atom. The molecule has 0 saturated carbocycles. The number of nitrogens with zero attached hydrogens (tertiary/aromatic N) is 1. The van der Waals surface area contributed by atoms with Crippen LogP contribution >= 0.6 is 23.2 Å². The summed E-state index contributed by atoms with van der Waals surface area (Å²) in [7, 11) is 0. The monoisotopic (exact) mass is 257 g/mol. The third-order valence-corrected chi connectivity index (χ3v) is 2.96. The maximum Gasteiger partial charge on any atom is 0.191 e. The first-order chi connectivity index (χ1) is 7.75. The number of benzene rings is 1. The summed E-state index contributed by atoms with van der Waals surface area (Å²) >= 11 is 11.9. The quantitative estimate of drug-likeness (QED) is 0.870. The van der Waals surface area contributed by atoms with Crippen molar-refractivity contribution in [2.45, 2.75) is 6.42 Å². The number of hydrogen-bond donors (Lipinski definition) is 2. The third kappa shape index (κ3) is 3.03. The Bertz CT molecular complexity index is 404. The van der Waals surface area contributed by atoms with Gasteiger partial charge in [-0.2, -0.15) is 0 Å². The zero-order valence-corrected chi connectivity index (χ0v) is 10.3. The Morgan fingerprint density at radius 2 is 2.25 bits per heavy atom. The van der Waals surface area contributed by atoms with Gasteiger partial charge >= 0.3 is 0 Å². The number of hydrogen-bond acceptors (Lipinski definition) is 3. The van der Waals surface area contributed by atoms with Crippen LogP contribution < -0.4 is 10.6 Å². The highest BCUT2D eigenvalue weighted by Gasteiger charge is 2.04. The minimum atomic E-state index is 0.670. The molecule has 1 heterocycles. The van der Waals surface area contributed by atoms with E-state index >= 15 is 0 Å². The fraction of sp³-hybridized carbons (Fsp3) is 0.364. The fourth-order valence-corrected chi connectivity index (χ4v) is 2.06. The average Bonchev–Trinajstić information content (AvgIpc) is 2.74. The molecular weight excluding hydrogens is 245 g/mol. The zero-order valence-electron chi connectivity index (χ0n) is 8.76. The molecule has 1 aromatic rings. The highest BCUT2D eigenvalue weighted by atomic mass is 35.5. The van der Waals surface area contributed by atoms with Crippen molar-refractivity contribution in [2.75, 3.05) is 19.6 Å². The average molecular weight is 258 g/mol. The predicted octanol–water partition coefficient (Wildman–Crippen LogP) is 2.08. The van der Waals surface area contributed by atoms with Crippen LogP contribution in [0, 0.1) is 0 Å². The summed E-state index contributed by atoms with van der Waals surface area (Å²) in [5.74, 6) is 0.880. The van der Waals surface area contributed by atoms with Crippen LogP contribution in [0.4, 0.5) is 0 Å². The van der Waals surface area contributed by atoms with Gasteiger partial charge in [-0.1, -0.05) is 29.3 Å². The molecule has 0 unspecified atom stereocenters. The van der Waals surface area contributed by atoms with Gasteiger partial charge in [0.15, 0.2) is 5.96 Å². The smallest absolute Gasteiger partial charge is 0.191 e. The molecule has 0 radical (unpaired) electrons. The van der Waals surface area contributed by atoms with Gasteiger partial charge in [-0.05, 0) is 24.1 Å². The molecule has 0 spiro atoms. The van der Waals surface area contributed by atoms with Gasteiger partial charge in [0.25, 0.3) is 0 Å². The molecule has 2 rings (SSSR count). The summed E-state index contributed by atoms with van der Waals surface area (Å²) in [5, 5.41) is 7.76. The van der Waals surface area contributed by atoms with Crippen LogP contribution in [0.15, 0.2) is 23.2 Å². The molecule has 0 bridgehead atoms. The minimum Gasteiger partial charge on any atom is -0.356 e. The van der Waals surface area contributed by atoms with Crippen LogP contribution in [0.5, 0.6) is 0 Å². The second-order valence-corrected chi connectivity index (χ2v) is 4.41. The van der Waals surface area contributed by atoms with E-state index in [-0.39, 0.29) is 0 Å². The number of aliphatic imine (C=N–C) groups is 1. The van der Waals surface area contributed by atoms with Crippen LogP contribution in [-0.2, 0) is 6.42 Å². The van der Waals surface area contributed by atoms with Crippen molar-refractivity contribution in [2.24, 2.45) is 4.99 Å². The lowest BCUT2D eigenvalue weighted by Crippen LogP contribution is -2.34. The molecule has 1 aromatic carbocycles. The molecule has 3 nitrogen and oxygen atoms in total. The Labute approximate surface area is 105 Å². The summed E-state index contributed by atoms with van der Waals surface area (Å²) in [6.07, 6.45) is 0.858. The predicted molar refractivity (Wildman–Crippen MR) is 68.5 cm³/mol. The van der Waals surface area contributed by atoms with Gasteiger partial charge < -0.3 is 10.6 Å². The standard InChI is InChI=1S/C11H13Cl2N3/c12-9-2-1-8(10(13)7-9)3-4-14-11-15-5-6-16-11/h1-2,7H,3-6H2,(H2,14,15,16). The summed E-state index contributed by atoms with van der Waals surface area (Å²) in [6, 6.07) is 5.58. The lowest BCUT2D eigenvalue weighted by molar-refractivity contribution is 0.837. The van der Waals surface area contributed by atoms with Crippen molar-refractivity contribution in [1.29, 1.82) is 0 Å². The van der Waals surface area contributed by atoms with Gasteiger partial charge in [0.2, 0.25) is 0 Å². The summed E-state index contributed by atoms with van der Waals surface area (Å²) in [5.41, 5.74) is 1.09. The van der Waals surface area contributed by atoms with Gasteiger partial charge in [-0.15, -0.1) is 0 Å². The summed E-state index contributed by atoms with van der Waals surface area (Å²) in [4.78, 5) is 4.24. The fourth-order valence-electron chi connectivity index (χ4n) is 1.56. The maximum atomic E-state index is 6.07. The largest absolute Gasteiger partial charge is 0.356 e. The molecule has 16 heavy (non-hydrogen) atoms. The number of rotatable bonds is 3. The SMILES string of the molecule is Clc1ccc(CCNC2=NCCN2)c(Cl)c1. The van der Waals surface area contributed by atoms with Crippen molar-refractivity contribution in [3.8, 4) is 0 Å². The molecular formula is C11H13Cl2N3. The van der Waals surface area contributed by atoms with Gasteiger partial charge in [0.1, 0.15) is 0 Å². The van der Waals surface area contributed by atoms with Crippen molar-refractivity contribution in [3.05, 3.63) is 33.8 Å². The second-order valence-electron chi connectivity index (χ2n) is 3.57. The van der Waals surface area contributed by atoms with E-state index in [1.807, 2.05) is 12.1 Å². The van der Waals surface area contributed by atoms with Gasteiger partial charge in [-0.25, -0.2) is 0 Å². The van der Waals surface area contributed by atoms with Crippen molar-refractivity contribution in [3.63, 3.8) is 0 Å². The maximum absolute atomic E-state index is 6.07. The summed E-state index contributed by atoms with van der Waals surface area (Å²) < 4.78 is 0. The van der Waals surface area contributed by atoms with E-state index in [0.29, 0.717) is 5.02 Å². The van der Waals surface area contributed by atoms with E-state index in [1.165, 1.54) is 0 Å². The van der Waals surface area contributed by atoms with Crippen LogP contribution in [0.25, 0.3) is 0 Å². The van der Waals surface area contributed by atoms with Crippen molar-refractivity contribution < 1.29 is 0 Å². The highest BCUT2D eigenvalue weighted by Crippen LogP contribution is 2.20.